The normalized spacial score (nSPS) is 18.2. The van der Waals surface area contributed by atoms with Crippen LogP contribution in [-0.2, 0) is 11.3 Å². The van der Waals surface area contributed by atoms with Crippen LogP contribution in [0.15, 0.2) is 48.7 Å². The molecule has 0 bridgehead atoms. The van der Waals surface area contributed by atoms with Gasteiger partial charge in [0.15, 0.2) is 0 Å². The minimum Gasteiger partial charge on any atom is -0.374 e. The Balaban J connectivity index is 1.51. The minimum absolute atomic E-state index is 0.00678. The number of carbonyl (C=O) groups is 1. The van der Waals surface area contributed by atoms with Gasteiger partial charge in [-0.15, -0.1) is 0 Å². The van der Waals surface area contributed by atoms with Crippen LogP contribution in [0.3, 0.4) is 0 Å². The quantitative estimate of drug-likeness (QED) is 0.819. The first-order valence-corrected chi connectivity index (χ1v) is 8.47. The third-order valence-electron chi connectivity index (χ3n) is 4.02. The second-order valence-corrected chi connectivity index (χ2v) is 6.24. The lowest BCUT2D eigenvalue weighted by atomic mass is 10.2. The van der Waals surface area contributed by atoms with Gasteiger partial charge >= 0.3 is 0 Å². The molecule has 1 atom stereocenters. The molecule has 0 unspecified atom stereocenters. The summed E-state index contributed by atoms with van der Waals surface area (Å²) in [6, 6.07) is 13.9. The molecule has 1 aromatic carbocycles. The van der Waals surface area contributed by atoms with Crippen LogP contribution in [-0.4, -0.2) is 48.1 Å². The van der Waals surface area contributed by atoms with E-state index in [0.29, 0.717) is 23.4 Å². The summed E-state index contributed by atoms with van der Waals surface area (Å²) in [5.41, 5.74) is 1.78. The Kier molecular flexibility index (Phi) is 5.74. The predicted molar refractivity (Wildman–Crippen MR) is 95.4 cm³/mol. The molecule has 1 aliphatic rings. The van der Waals surface area contributed by atoms with Gasteiger partial charge in [-0.3, -0.25) is 9.69 Å². The summed E-state index contributed by atoms with van der Waals surface area (Å²) >= 11 is 5.13. The number of rotatable bonds is 5. The topological polar surface area (TPSA) is 57.4 Å². The van der Waals surface area contributed by atoms with Crippen LogP contribution in [0, 0.1) is 4.64 Å². The smallest absolute Gasteiger partial charge is 0.254 e. The molecule has 126 valence electrons. The van der Waals surface area contributed by atoms with Gasteiger partial charge in [-0.05, 0) is 17.7 Å². The lowest BCUT2D eigenvalue weighted by Crippen LogP contribution is -2.47. The van der Waals surface area contributed by atoms with E-state index in [1.54, 1.807) is 18.3 Å². The molecule has 24 heavy (non-hydrogen) atoms. The Labute approximate surface area is 146 Å². The summed E-state index contributed by atoms with van der Waals surface area (Å²) < 4.78 is 6.22. The number of amides is 1. The van der Waals surface area contributed by atoms with Gasteiger partial charge in [0.05, 0.1) is 18.3 Å². The molecule has 2 aromatic rings. The van der Waals surface area contributed by atoms with E-state index >= 15 is 0 Å². The molecule has 1 aliphatic heterocycles. The number of carbonyl (C=O) groups excluding carboxylic acids is 1. The lowest BCUT2D eigenvalue weighted by Gasteiger charge is -2.33. The Morgan fingerprint density at radius 1 is 1.29 bits per heavy atom. The molecule has 0 spiro atoms. The van der Waals surface area contributed by atoms with E-state index in [2.05, 4.69) is 39.5 Å². The average Bonchev–Trinajstić information content (AvgIpc) is 2.61. The second kappa shape index (κ2) is 8.19. The maximum absolute atomic E-state index is 12.2. The van der Waals surface area contributed by atoms with Crippen molar-refractivity contribution in [3.8, 4) is 0 Å². The first kappa shape index (κ1) is 16.8. The molecule has 0 aliphatic carbocycles. The van der Waals surface area contributed by atoms with Gasteiger partial charge in [0.25, 0.3) is 5.91 Å². The molecular weight excluding hydrogens is 322 g/mol. The van der Waals surface area contributed by atoms with Crippen molar-refractivity contribution in [2.24, 2.45) is 0 Å². The third-order valence-corrected chi connectivity index (χ3v) is 4.36. The van der Waals surface area contributed by atoms with Crippen molar-refractivity contribution in [1.82, 2.24) is 15.2 Å². The van der Waals surface area contributed by atoms with Crippen LogP contribution in [0.4, 0.5) is 0 Å². The van der Waals surface area contributed by atoms with Crippen molar-refractivity contribution >= 4 is 18.1 Å². The summed E-state index contributed by atoms with van der Waals surface area (Å²) in [4.78, 5) is 17.4. The molecule has 0 saturated carbocycles. The summed E-state index contributed by atoms with van der Waals surface area (Å²) in [6.45, 7) is 3.77. The zero-order valence-electron chi connectivity index (χ0n) is 13.4. The van der Waals surface area contributed by atoms with Crippen molar-refractivity contribution in [1.29, 1.82) is 0 Å². The van der Waals surface area contributed by atoms with Gasteiger partial charge in [-0.1, -0.05) is 42.5 Å². The number of nitrogens with one attached hydrogen (secondary N) is 2. The monoisotopic (exact) mass is 343 g/mol. The molecule has 1 saturated heterocycles. The van der Waals surface area contributed by atoms with Gasteiger partial charge in [0.2, 0.25) is 0 Å². The summed E-state index contributed by atoms with van der Waals surface area (Å²) in [5.74, 6) is -0.166. The largest absolute Gasteiger partial charge is 0.374 e. The first-order valence-electron chi connectivity index (χ1n) is 8.06. The number of ether oxygens (including phenoxy) is 1. The first-order chi connectivity index (χ1) is 11.7. The highest BCUT2D eigenvalue weighted by molar-refractivity contribution is 7.71. The third kappa shape index (κ3) is 4.50. The number of benzene rings is 1. The lowest BCUT2D eigenvalue weighted by molar-refractivity contribution is -0.0292. The number of aromatic nitrogens is 1. The Morgan fingerprint density at radius 3 is 2.92 bits per heavy atom. The molecule has 1 aromatic heterocycles. The fourth-order valence-electron chi connectivity index (χ4n) is 2.79. The molecule has 5 nitrogen and oxygen atoms in total. The number of nitrogens with zero attached hydrogens (tertiary/aromatic N) is 1. The Hall–Kier alpha value is -2.02. The van der Waals surface area contributed by atoms with E-state index in [9.17, 15) is 4.79 Å². The minimum atomic E-state index is -0.166. The van der Waals surface area contributed by atoms with Crippen LogP contribution >= 0.6 is 12.2 Å². The SMILES string of the molecule is O=C(NC[C@H]1CN(Cc2ccccc2)CCO1)c1ccc[nH]c1=S. The predicted octanol–water partition coefficient (Wildman–Crippen LogP) is 2.37. The van der Waals surface area contributed by atoms with Crippen LogP contribution in [0.2, 0.25) is 0 Å². The van der Waals surface area contributed by atoms with E-state index in [0.717, 1.165) is 19.6 Å². The van der Waals surface area contributed by atoms with Crippen LogP contribution in [0.1, 0.15) is 15.9 Å². The summed E-state index contributed by atoms with van der Waals surface area (Å²) in [7, 11) is 0. The average molecular weight is 343 g/mol. The molecule has 2 N–H and O–H groups in total. The van der Waals surface area contributed by atoms with Gasteiger partial charge in [-0.25, -0.2) is 0 Å². The Morgan fingerprint density at radius 2 is 2.12 bits per heavy atom. The number of H-pyrrole nitrogens is 1. The second-order valence-electron chi connectivity index (χ2n) is 5.84. The van der Waals surface area contributed by atoms with Crippen LogP contribution in [0.25, 0.3) is 0 Å². The zero-order valence-corrected chi connectivity index (χ0v) is 14.2. The van der Waals surface area contributed by atoms with E-state index in [-0.39, 0.29) is 12.0 Å². The van der Waals surface area contributed by atoms with Crippen molar-refractivity contribution in [2.75, 3.05) is 26.2 Å². The molecule has 0 radical (unpaired) electrons. The molecule has 2 heterocycles. The highest BCUT2D eigenvalue weighted by atomic mass is 32.1. The highest BCUT2D eigenvalue weighted by Gasteiger charge is 2.21. The zero-order chi connectivity index (χ0) is 16.8. The van der Waals surface area contributed by atoms with E-state index in [1.165, 1.54) is 5.56 Å². The van der Waals surface area contributed by atoms with Crippen LogP contribution < -0.4 is 5.32 Å². The molecule has 1 amide bonds. The van der Waals surface area contributed by atoms with Crippen LogP contribution in [0.5, 0.6) is 0 Å². The molecular formula is C18H21N3O2S. The fourth-order valence-corrected chi connectivity index (χ4v) is 3.02. The summed E-state index contributed by atoms with van der Waals surface area (Å²) in [6.07, 6.45) is 1.71. The number of hydrogen-bond acceptors (Lipinski definition) is 4. The number of aromatic amines is 1. The van der Waals surface area contributed by atoms with Gasteiger partial charge in [-0.2, -0.15) is 0 Å². The molecule has 1 fully saturated rings. The standard InChI is InChI=1S/C18H21N3O2S/c22-17(16-7-4-8-19-18(16)24)20-11-15-13-21(9-10-23-15)12-14-5-2-1-3-6-14/h1-8,15H,9-13H2,(H,19,24)(H,20,22)/t15-/m0/s1. The van der Waals surface area contributed by atoms with Gasteiger partial charge < -0.3 is 15.0 Å². The maximum Gasteiger partial charge on any atom is 0.254 e. The van der Waals surface area contributed by atoms with E-state index < -0.39 is 0 Å². The van der Waals surface area contributed by atoms with E-state index in [1.807, 2.05) is 6.07 Å². The van der Waals surface area contributed by atoms with E-state index in [4.69, 9.17) is 17.0 Å². The number of pyridine rings is 1. The highest BCUT2D eigenvalue weighted by Crippen LogP contribution is 2.10. The van der Waals surface area contributed by atoms with Crippen molar-refractivity contribution in [2.45, 2.75) is 12.6 Å². The number of hydrogen-bond donors (Lipinski definition) is 2. The van der Waals surface area contributed by atoms with Crippen molar-refractivity contribution in [3.05, 3.63) is 64.4 Å². The Bertz CT molecular complexity index is 732. The summed E-state index contributed by atoms with van der Waals surface area (Å²) in [5, 5.41) is 2.92. The van der Waals surface area contributed by atoms with Gasteiger partial charge in [0, 0.05) is 32.4 Å². The molecule has 6 heteroatoms. The van der Waals surface area contributed by atoms with Crippen molar-refractivity contribution in [3.63, 3.8) is 0 Å². The maximum atomic E-state index is 12.2. The molecule has 3 rings (SSSR count). The van der Waals surface area contributed by atoms with Gasteiger partial charge in [0.1, 0.15) is 4.64 Å². The number of morpholine rings is 1. The fraction of sp³-hybridized carbons (Fsp3) is 0.333. The van der Waals surface area contributed by atoms with Crippen molar-refractivity contribution < 1.29 is 9.53 Å².